The molecule has 0 bridgehead atoms. The number of thioether (sulfide) groups is 1. The molecule has 1 aromatic carbocycles. The molecule has 2 aliphatic heterocycles. The lowest BCUT2D eigenvalue weighted by Crippen LogP contribution is -2.57. The fraction of sp³-hybridized carbons (Fsp3) is 0.565. The third kappa shape index (κ3) is 6.33. The second kappa shape index (κ2) is 12.2. The molecule has 0 radical (unpaired) electrons. The minimum atomic E-state index is -0.788. The second-order valence-corrected chi connectivity index (χ2v) is 9.92. The number of aliphatic hydroxyl groups is 1. The fourth-order valence-corrected chi connectivity index (χ4v) is 5.92. The fourth-order valence-electron chi connectivity index (χ4n) is 4.35. The molecule has 2 heterocycles. The van der Waals surface area contributed by atoms with E-state index in [-0.39, 0.29) is 29.6 Å². The Bertz CT molecular complexity index is 835. The molecule has 0 aliphatic carbocycles. The molecule has 0 spiro atoms. The smallest absolute Gasteiger partial charge is 0.246 e. The number of nitrogens with zero attached hydrogens (tertiary/aromatic N) is 1. The van der Waals surface area contributed by atoms with Crippen molar-refractivity contribution in [1.82, 2.24) is 20.9 Å². The molecule has 33 heavy (non-hydrogen) atoms. The normalized spacial score (nSPS) is 24.5. The van der Waals surface area contributed by atoms with Crippen LogP contribution in [-0.4, -0.2) is 77.9 Å². The largest absolute Gasteiger partial charge is 0.400 e. The van der Waals surface area contributed by atoms with E-state index in [1.54, 1.807) is 48.0 Å². The van der Waals surface area contributed by atoms with Crippen molar-refractivity contribution in [3.05, 3.63) is 35.9 Å². The summed E-state index contributed by atoms with van der Waals surface area (Å²) in [5.74, 6) is -0.144. The zero-order valence-electron chi connectivity index (χ0n) is 19.5. The van der Waals surface area contributed by atoms with Gasteiger partial charge in [-0.3, -0.25) is 14.4 Å². The van der Waals surface area contributed by atoms with E-state index in [1.807, 2.05) is 19.9 Å². The summed E-state index contributed by atoms with van der Waals surface area (Å²) in [4.78, 5) is 52.2. The Hall–Kier alpha value is -2.43. The maximum Gasteiger partial charge on any atom is 0.246 e. The van der Waals surface area contributed by atoms with E-state index in [0.29, 0.717) is 30.4 Å². The number of hydrogen-bond donors (Lipinski definition) is 4. The number of carbonyl (C=O) groups excluding carboxylic acids is 4. The van der Waals surface area contributed by atoms with Crippen LogP contribution in [0.3, 0.4) is 0 Å². The summed E-state index contributed by atoms with van der Waals surface area (Å²) in [6, 6.07) is 6.83. The SMILES string of the molecule is CNCC(=O)NC1CCSC2CC(C)(C)C(C(=O)NC(C=O)c3ccccc3)N2C1=O.CO. The molecule has 9 nitrogen and oxygen atoms in total. The van der Waals surface area contributed by atoms with Gasteiger partial charge in [-0.2, -0.15) is 0 Å². The highest BCUT2D eigenvalue weighted by molar-refractivity contribution is 7.99. The van der Waals surface area contributed by atoms with E-state index < -0.39 is 23.5 Å². The number of hydrogen-bond acceptors (Lipinski definition) is 7. The lowest BCUT2D eigenvalue weighted by Gasteiger charge is -2.34. The first-order valence-electron chi connectivity index (χ1n) is 10.9. The molecular formula is C23H34N4O5S. The lowest BCUT2D eigenvalue weighted by atomic mass is 9.84. The van der Waals surface area contributed by atoms with Crippen LogP contribution in [-0.2, 0) is 19.2 Å². The molecule has 4 N–H and O–H groups in total. The Morgan fingerprint density at radius 3 is 2.55 bits per heavy atom. The summed E-state index contributed by atoms with van der Waals surface area (Å²) in [5.41, 5.74) is 0.213. The third-order valence-corrected chi connectivity index (χ3v) is 7.06. The molecule has 10 heteroatoms. The Morgan fingerprint density at radius 1 is 1.27 bits per heavy atom. The third-order valence-electron chi connectivity index (χ3n) is 5.81. The van der Waals surface area contributed by atoms with Crippen molar-refractivity contribution in [3.8, 4) is 0 Å². The van der Waals surface area contributed by atoms with Gasteiger partial charge in [0.1, 0.15) is 24.4 Å². The van der Waals surface area contributed by atoms with Crippen molar-refractivity contribution >= 4 is 35.8 Å². The van der Waals surface area contributed by atoms with E-state index >= 15 is 0 Å². The molecule has 0 aromatic heterocycles. The number of aldehydes is 1. The number of amides is 3. The van der Waals surface area contributed by atoms with Crippen LogP contribution in [0, 0.1) is 5.41 Å². The number of likely N-dealkylation sites (N-methyl/N-ethyl adjacent to an activating group) is 1. The maximum atomic E-state index is 13.4. The van der Waals surface area contributed by atoms with Crippen molar-refractivity contribution in [2.24, 2.45) is 5.41 Å². The van der Waals surface area contributed by atoms with Gasteiger partial charge < -0.3 is 30.8 Å². The van der Waals surface area contributed by atoms with Crippen LogP contribution in [0.5, 0.6) is 0 Å². The van der Waals surface area contributed by atoms with Crippen LogP contribution in [0.4, 0.5) is 0 Å². The number of carbonyl (C=O) groups is 4. The van der Waals surface area contributed by atoms with Crippen LogP contribution in [0.25, 0.3) is 0 Å². The molecule has 4 unspecified atom stereocenters. The van der Waals surface area contributed by atoms with Crippen LogP contribution in [0.15, 0.2) is 30.3 Å². The van der Waals surface area contributed by atoms with E-state index in [2.05, 4.69) is 16.0 Å². The number of rotatable bonds is 7. The van der Waals surface area contributed by atoms with E-state index in [9.17, 15) is 19.2 Å². The van der Waals surface area contributed by atoms with Crippen molar-refractivity contribution in [3.63, 3.8) is 0 Å². The van der Waals surface area contributed by atoms with Gasteiger partial charge in [-0.25, -0.2) is 0 Å². The van der Waals surface area contributed by atoms with Gasteiger partial charge in [0.15, 0.2) is 0 Å². The highest BCUT2D eigenvalue weighted by Gasteiger charge is 2.54. The zero-order chi connectivity index (χ0) is 24.6. The lowest BCUT2D eigenvalue weighted by molar-refractivity contribution is -0.144. The van der Waals surface area contributed by atoms with Crippen LogP contribution >= 0.6 is 11.8 Å². The Morgan fingerprint density at radius 2 is 1.94 bits per heavy atom. The second-order valence-electron chi connectivity index (χ2n) is 8.64. The zero-order valence-corrected chi connectivity index (χ0v) is 20.4. The summed E-state index contributed by atoms with van der Waals surface area (Å²) in [5, 5.41) is 15.3. The summed E-state index contributed by atoms with van der Waals surface area (Å²) >= 11 is 1.64. The van der Waals surface area contributed by atoms with Gasteiger partial charge in [-0.05, 0) is 36.6 Å². The average molecular weight is 479 g/mol. The summed E-state index contributed by atoms with van der Waals surface area (Å²) in [6.45, 7) is 4.05. The van der Waals surface area contributed by atoms with Crippen molar-refractivity contribution in [2.45, 2.75) is 50.2 Å². The Kier molecular flexibility index (Phi) is 9.87. The molecule has 2 fully saturated rings. The van der Waals surface area contributed by atoms with Crippen molar-refractivity contribution in [1.29, 1.82) is 0 Å². The minimum Gasteiger partial charge on any atom is -0.400 e. The Balaban J connectivity index is 0.00000187. The molecule has 3 amide bonds. The summed E-state index contributed by atoms with van der Waals surface area (Å²) in [6.07, 6.45) is 1.88. The van der Waals surface area contributed by atoms with E-state index in [4.69, 9.17) is 5.11 Å². The van der Waals surface area contributed by atoms with Gasteiger partial charge in [-0.15, -0.1) is 11.8 Å². The first-order chi connectivity index (χ1) is 15.8. The predicted molar refractivity (Wildman–Crippen MR) is 127 cm³/mol. The first-order valence-corrected chi connectivity index (χ1v) is 12.0. The molecule has 3 rings (SSSR count). The number of benzene rings is 1. The number of aliphatic hydroxyl groups excluding tert-OH is 1. The molecular weight excluding hydrogens is 444 g/mol. The maximum absolute atomic E-state index is 13.4. The number of nitrogens with one attached hydrogen (secondary N) is 3. The summed E-state index contributed by atoms with van der Waals surface area (Å²) < 4.78 is 0. The predicted octanol–water partition coefficient (Wildman–Crippen LogP) is 0.446. The van der Waals surface area contributed by atoms with Crippen LogP contribution in [0.1, 0.15) is 38.3 Å². The Labute approximate surface area is 199 Å². The van der Waals surface area contributed by atoms with Gasteiger partial charge >= 0.3 is 0 Å². The molecule has 1 aromatic rings. The highest BCUT2D eigenvalue weighted by Crippen LogP contribution is 2.46. The molecule has 182 valence electrons. The number of fused-ring (bicyclic) bond motifs is 1. The minimum absolute atomic E-state index is 0.119. The first kappa shape index (κ1) is 26.8. The van der Waals surface area contributed by atoms with Crippen molar-refractivity contribution < 1.29 is 24.3 Å². The molecule has 4 atom stereocenters. The van der Waals surface area contributed by atoms with Gasteiger partial charge in [-0.1, -0.05) is 44.2 Å². The topological polar surface area (TPSA) is 128 Å². The van der Waals surface area contributed by atoms with Crippen LogP contribution < -0.4 is 16.0 Å². The molecule has 0 saturated carbocycles. The van der Waals surface area contributed by atoms with E-state index in [1.165, 1.54) is 0 Å². The molecule has 2 aliphatic rings. The van der Waals surface area contributed by atoms with Gasteiger partial charge in [0.2, 0.25) is 17.7 Å². The average Bonchev–Trinajstić information content (AvgIpc) is 3.00. The summed E-state index contributed by atoms with van der Waals surface area (Å²) in [7, 11) is 2.67. The van der Waals surface area contributed by atoms with Gasteiger partial charge in [0, 0.05) is 7.11 Å². The monoisotopic (exact) mass is 478 g/mol. The quantitative estimate of drug-likeness (QED) is 0.419. The van der Waals surface area contributed by atoms with Crippen molar-refractivity contribution in [2.75, 3.05) is 26.5 Å². The standard InChI is InChI=1S/C22H30N4O4S.CH4O/c1-22(2)11-18-26(21(30)15(9-10-31-18)24-17(28)12-23-3)19(22)20(29)25-16(13-27)14-7-5-4-6-8-14;1-2/h4-8,13,15-16,18-19,23H,9-12H2,1-3H3,(H,24,28)(H,25,29);2H,1H3. The van der Waals surface area contributed by atoms with Crippen LogP contribution in [0.2, 0.25) is 0 Å². The van der Waals surface area contributed by atoms with E-state index in [0.717, 1.165) is 7.11 Å². The van der Waals surface area contributed by atoms with Gasteiger partial charge in [0.05, 0.1) is 11.9 Å². The van der Waals surface area contributed by atoms with Gasteiger partial charge in [0.25, 0.3) is 0 Å². The highest BCUT2D eigenvalue weighted by atomic mass is 32.2. The molecule has 2 saturated heterocycles.